The molecule has 2 aromatic carbocycles. The molecule has 10 heteroatoms. The van der Waals surface area contributed by atoms with Crippen LogP contribution in [0, 0.1) is 15.9 Å². The lowest BCUT2D eigenvalue weighted by atomic mass is 10.0. The molecular formula is C23H26FN5O4. The van der Waals surface area contributed by atoms with Gasteiger partial charge in [0.1, 0.15) is 5.75 Å². The van der Waals surface area contributed by atoms with Crippen molar-refractivity contribution in [2.75, 3.05) is 26.7 Å². The molecule has 1 aliphatic rings. The first-order chi connectivity index (χ1) is 15.9. The summed E-state index contributed by atoms with van der Waals surface area (Å²) in [5.41, 5.74) is 1.55. The van der Waals surface area contributed by atoms with E-state index < -0.39 is 16.4 Å². The van der Waals surface area contributed by atoms with Crippen LogP contribution in [-0.4, -0.2) is 52.2 Å². The molecule has 174 valence electrons. The van der Waals surface area contributed by atoms with E-state index in [1.54, 1.807) is 17.7 Å². The van der Waals surface area contributed by atoms with Crippen molar-refractivity contribution in [3.05, 3.63) is 74.4 Å². The minimum atomic E-state index is -0.823. The highest BCUT2D eigenvalue weighted by Gasteiger charge is 2.20. The number of benzene rings is 2. The molecule has 1 aliphatic heterocycles. The summed E-state index contributed by atoms with van der Waals surface area (Å²) in [5.74, 6) is -0.140. The average molecular weight is 455 g/mol. The minimum absolute atomic E-state index is 0.138. The number of rotatable bonds is 8. The molecule has 0 unspecified atom stereocenters. The second-order valence-corrected chi connectivity index (χ2v) is 8.14. The Bertz CT molecular complexity index is 1210. The van der Waals surface area contributed by atoms with Gasteiger partial charge in [-0.3, -0.25) is 14.9 Å². The summed E-state index contributed by atoms with van der Waals surface area (Å²) in [4.78, 5) is 29.2. The van der Waals surface area contributed by atoms with Crippen LogP contribution in [0.25, 0.3) is 11.0 Å². The second kappa shape index (κ2) is 10.1. The molecule has 0 spiro atoms. The maximum atomic E-state index is 13.5. The first-order valence-electron chi connectivity index (χ1n) is 10.9. The number of nitro groups is 1. The molecule has 0 radical (unpaired) electrons. The topological polar surface area (TPSA) is 103 Å². The Morgan fingerprint density at radius 3 is 2.73 bits per heavy atom. The second-order valence-electron chi connectivity index (χ2n) is 8.14. The average Bonchev–Trinajstić information content (AvgIpc) is 2.83. The molecule has 2 heterocycles. The number of fused-ring (bicyclic) bond motifs is 1. The molecular weight excluding hydrogens is 429 g/mol. The summed E-state index contributed by atoms with van der Waals surface area (Å²) in [5, 5.41) is 14.3. The van der Waals surface area contributed by atoms with Crippen molar-refractivity contribution in [3.63, 3.8) is 0 Å². The monoisotopic (exact) mass is 455 g/mol. The van der Waals surface area contributed by atoms with E-state index in [0.717, 1.165) is 49.6 Å². The van der Waals surface area contributed by atoms with Crippen LogP contribution in [0.3, 0.4) is 0 Å². The van der Waals surface area contributed by atoms with Crippen LogP contribution in [0.5, 0.6) is 5.75 Å². The number of nitrogens with one attached hydrogen (secondary N) is 1. The van der Waals surface area contributed by atoms with Gasteiger partial charge in [0, 0.05) is 37.8 Å². The van der Waals surface area contributed by atoms with E-state index in [2.05, 4.69) is 15.2 Å². The number of hydrogen-bond donors (Lipinski definition) is 1. The lowest BCUT2D eigenvalue weighted by Crippen LogP contribution is -2.43. The highest BCUT2D eigenvalue weighted by Crippen LogP contribution is 2.20. The standard InChI is InChI=1S/C23H26FN5O4/c1-33-18-3-5-20-22(13-18)28(23(30)15-26-20)11-10-27-8-6-17(7-9-27)25-14-16-2-4-19(24)21(12-16)29(31)32/h2-5,12-13,15,17,25H,6-11,14H2,1H3. The van der Waals surface area contributed by atoms with Gasteiger partial charge >= 0.3 is 5.69 Å². The smallest absolute Gasteiger partial charge is 0.305 e. The fraction of sp³-hybridized carbons (Fsp3) is 0.391. The maximum absolute atomic E-state index is 13.5. The van der Waals surface area contributed by atoms with E-state index in [4.69, 9.17) is 4.74 Å². The number of nitro benzene ring substituents is 1. The van der Waals surface area contributed by atoms with E-state index in [1.165, 1.54) is 12.3 Å². The Kier molecular flexibility index (Phi) is 6.95. The van der Waals surface area contributed by atoms with Crippen molar-refractivity contribution in [2.45, 2.75) is 32.0 Å². The van der Waals surface area contributed by atoms with Crippen molar-refractivity contribution >= 4 is 16.7 Å². The third-order valence-electron chi connectivity index (χ3n) is 6.08. The van der Waals surface area contributed by atoms with Crippen molar-refractivity contribution in [1.82, 2.24) is 19.8 Å². The van der Waals surface area contributed by atoms with E-state index in [0.29, 0.717) is 24.4 Å². The van der Waals surface area contributed by atoms with Crippen LogP contribution in [0.2, 0.25) is 0 Å². The Hall–Kier alpha value is -3.37. The molecule has 1 aromatic heterocycles. The van der Waals surface area contributed by atoms with Gasteiger partial charge in [-0.2, -0.15) is 4.39 Å². The third kappa shape index (κ3) is 5.35. The predicted octanol–water partition coefficient (Wildman–Crippen LogP) is 2.71. The first-order valence-corrected chi connectivity index (χ1v) is 10.9. The molecule has 1 fully saturated rings. The van der Waals surface area contributed by atoms with Gasteiger partial charge in [-0.1, -0.05) is 6.07 Å². The first kappa shape index (κ1) is 22.8. The quantitative estimate of drug-likeness (QED) is 0.412. The van der Waals surface area contributed by atoms with E-state index in [-0.39, 0.29) is 11.6 Å². The number of ether oxygens (including phenoxy) is 1. The summed E-state index contributed by atoms with van der Waals surface area (Å²) in [6.45, 7) is 3.51. The van der Waals surface area contributed by atoms with Gasteiger partial charge in [-0.25, -0.2) is 4.98 Å². The van der Waals surface area contributed by atoms with Gasteiger partial charge in [0.2, 0.25) is 5.82 Å². The fourth-order valence-corrected chi connectivity index (χ4v) is 4.17. The van der Waals surface area contributed by atoms with Gasteiger partial charge in [0.25, 0.3) is 5.56 Å². The van der Waals surface area contributed by atoms with Crippen molar-refractivity contribution < 1.29 is 14.1 Å². The van der Waals surface area contributed by atoms with Crippen LogP contribution in [-0.2, 0) is 13.1 Å². The molecule has 33 heavy (non-hydrogen) atoms. The Morgan fingerprint density at radius 1 is 1.21 bits per heavy atom. The molecule has 0 bridgehead atoms. The molecule has 0 atom stereocenters. The van der Waals surface area contributed by atoms with Crippen LogP contribution < -0.4 is 15.6 Å². The molecule has 0 saturated carbocycles. The Labute approximate surface area is 190 Å². The molecule has 0 aliphatic carbocycles. The summed E-state index contributed by atoms with van der Waals surface area (Å²) < 4.78 is 20.5. The molecule has 3 aromatic rings. The number of aromatic nitrogens is 2. The van der Waals surface area contributed by atoms with E-state index >= 15 is 0 Å². The zero-order valence-corrected chi connectivity index (χ0v) is 18.4. The Morgan fingerprint density at radius 2 is 2.00 bits per heavy atom. The van der Waals surface area contributed by atoms with Crippen LogP contribution in [0.4, 0.5) is 10.1 Å². The van der Waals surface area contributed by atoms with Crippen molar-refractivity contribution in [2.24, 2.45) is 0 Å². The summed E-state index contributed by atoms with van der Waals surface area (Å²) >= 11 is 0. The minimum Gasteiger partial charge on any atom is -0.497 e. The van der Waals surface area contributed by atoms with Crippen LogP contribution in [0.15, 0.2) is 47.4 Å². The van der Waals surface area contributed by atoms with Gasteiger partial charge in [-0.15, -0.1) is 0 Å². The molecule has 1 N–H and O–H groups in total. The number of hydrogen-bond acceptors (Lipinski definition) is 7. The van der Waals surface area contributed by atoms with Gasteiger partial charge in [0.05, 0.1) is 29.3 Å². The predicted molar refractivity (Wildman–Crippen MR) is 122 cm³/mol. The number of piperidine rings is 1. The molecule has 4 rings (SSSR count). The highest BCUT2D eigenvalue weighted by molar-refractivity contribution is 5.76. The summed E-state index contributed by atoms with van der Waals surface area (Å²) in [6, 6.07) is 9.76. The van der Waals surface area contributed by atoms with Crippen molar-refractivity contribution in [3.8, 4) is 5.75 Å². The SMILES string of the molecule is COc1ccc2ncc(=O)n(CCN3CCC(NCc4ccc(F)c([N+](=O)[O-])c4)CC3)c2c1. The lowest BCUT2D eigenvalue weighted by molar-refractivity contribution is -0.387. The maximum Gasteiger partial charge on any atom is 0.305 e. The van der Waals surface area contributed by atoms with E-state index in [1.807, 2.05) is 18.2 Å². The highest BCUT2D eigenvalue weighted by atomic mass is 19.1. The molecule has 9 nitrogen and oxygen atoms in total. The molecule has 1 saturated heterocycles. The number of halogens is 1. The normalized spacial score (nSPS) is 15.1. The number of likely N-dealkylation sites (tertiary alicyclic amines) is 1. The summed E-state index contributed by atoms with van der Waals surface area (Å²) in [7, 11) is 1.59. The summed E-state index contributed by atoms with van der Waals surface area (Å²) in [6.07, 6.45) is 3.19. The Balaban J connectivity index is 1.31. The van der Waals surface area contributed by atoms with Crippen LogP contribution in [0.1, 0.15) is 18.4 Å². The largest absolute Gasteiger partial charge is 0.497 e. The van der Waals surface area contributed by atoms with E-state index in [9.17, 15) is 19.3 Å². The molecule has 0 amide bonds. The van der Waals surface area contributed by atoms with Gasteiger partial charge in [-0.05, 0) is 49.7 Å². The lowest BCUT2D eigenvalue weighted by Gasteiger charge is -2.32. The van der Waals surface area contributed by atoms with Gasteiger partial charge in [0.15, 0.2) is 0 Å². The number of methoxy groups -OCH3 is 1. The van der Waals surface area contributed by atoms with Crippen LogP contribution >= 0.6 is 0 Å². The third-order valence-corrected chi connectivity index (χ3v) is 6.08. The zero-order chi connectivity index (χ0) is 23.4. The van der Waals surface area contributed by atoms with Crippen molar-refractivity contribution in [1.29, 1.82) is 0 Å². The fourth-order valence-electron chi connectivity index (χ4n) is 4.17. The number of nitrogens with zero attached hydrogens (tertiary/aromatic N) is 4. The zero-order valence-electron chi connectivity index (χ0n) is 18.4. The van der Waals surface area contributed by atoms with Gasteiger partial charge < -0.3 is 19.5 Å².